The lowest BCUT2D eigenvalue weighted by Crippen LogP contribution is -2.33. The van der Waals surface area contributed by atoms with Crippen LogP contribution >= 0.6 is 0 Å². The molecule has 0 atom stereocenters. The molecule has 0 radical (unpaired) electrons. The zero-order valence-corrected chi connectivity index (χ0v) is 18.6. The van der Waals surface area contributed by atoms with Gasteiger partial charge in [-0.15, -0.1) is 0 Å². The second-order valence-electron chi connectivity index (χ2n) is 9.01. The maximum Gasteiger partial charge on any atom is 0.410 e. The van der Waals surface area contributed by atoms with E-state index in [0.717, 1.165) is 5.56 Å². The van der Waals surface area contributed by atoms with Crippen molar-refractivity contribution in [2.24, 2.45) is 0 Å². The van der Waals surface area contributed by atoms with Gasteiger partial charge >= 0.3 is 6.09 Å². The number of aryl methyl sites for hydroxylation is 1. The lowest BCUT2D eigenvalue weighted by molar-refractivity contribution is 0.0283. The average molecular weight is 422 g/mol. The number of carbonyl (C=O) groups excluding carboxylic acids is 1. The molecule has 0 aliphatic rings. The SMILES string of the molecule is CN(Cc1cc(OCc2ccc(F)cc2)n(CCC(C)(C)O)n1)C(=O)OC(C)(C)C. The van der Waals surface area contributed by atoms with Gasteiger partial charge < -0.3 is 19.5 Å². The van der Waals surface area contributed by atoms with Gasteiger partial charge in [0.25, 0.3) is 0 Å². The van der Waals surface area contributed by atoms with E-state index in [4.69, 9.17) is 9.47 Å². The quantitative estimate of drug-likeness (QED) is 0.694. The van der Waals surface area contributed by atoms with Crippen molar-refractivity contribution < 1.29 is 23.8 Å². The first kappa shape index (κ1) is 23.7. The minimum absolute atomic E-state index is 0.246. The number of amides is 1. The maximum absolute atomic E-state index is 13.1. The third kappa shape index (κ3) is 8.02. The molecule has 1 amide bonds. The molecule has 0 aliphatic heterocycles. The summed E-state index contributed by atoms with van der Waals surface area (Å²) in [5.41, 5.74) is 0.0152. The van der Waals surface area contributed by atoms with E-state index >= 15 is 0 Å². The smallest absolute Gasteiger partial charge is 0.410 e. The van der Waals surface area contributed by atoms with Crippen LogP contribution < -0.4 is 4.74 Å². The standard InChI is InChI=1S/C22H32FN3O4/c1-21(2,3)30-20(27)25(6)14-18-13-19(26(24-18)12-11-22(4,5)28)29-15-16-7-9-17(23)10-8-16/h7-10,13,28H,11-12,14-15H2,1-6H3. The van der Waals surface area contributed by atoms with Crippen molar-refractivity contribution in [1.29, 1.82) is 0 Å². The number of nitrogens with zero attached hydrogens (tertiary/aromatic N) is 3. The summed E-state index contributed by atoms with van der Waals surface area (Å²) in [6, 6.07) is 7.83. The van der Waals surface area contributed by atoms with E-state index in [0.29, 0.717) is 24.5 Å². The highest BCUT2D eigenvalue weighted by atomic mass is 19.1. The molecule has 0 fully saturated rings. The Kier molecular flexibility index (Phi) is 7.47. The highest BCUT2D eigenvalue weighted by Gasteiger charge is 2.21. The summed E-state index contributed by atoms with van der Waals surface area (Å²) < 4.78 is 26.0. The molecule has 166 valence electrons. The number of hydrogen-bond acceptors (Lipinski definition) is 5. The molecule has 1 heterocycles. The van der Waals surface area contributed by atoms with Gasteiger partial charge in [-0.1, -0.05) is 12.1 Å². The second kappa shape index (κ2) is 9.47. The Morgan fingerprint density at radius 3 is 2.40 bits per heavy atom. The van der Waals surface area contributed by atoms with Gasteiger partial charge in [0.15, 0.2) is 0 Å². The highest BCUT2D eigenvalue weighted by Crippen LogP contribution is 2.20. The summed E-state index contributed by atoms with van der Waals surface area (Å²) in [4.78, 5) is 13.7. The van der Waals surface area contributed by atoms with Crippen LogP contribution in [0.15, 0.2) is 30.3 Å². The number of carbonyl (C=O) groups is 1. The molecule has 0 saturated carbocycles. The monoisotopic (exact) mass is 421 g/mol. The van der Waals surface area contributed by atoms with Crippen LogP contribution in [0, 0.1) is 5.82 Å². The van der Waals surface area contributed by atoms with Gasteiger partial charge in [-0.2, -0.15) is 5.10 Å². The van der Waals surface area contributed by atoms with Gasteiger partial charge in [0, 0.05) is 19.7 Å². The predicted octanol–water partition coefficient (Wildman–Crippen LogP) is 4.13. The topological polar surface area (TPSA) is 76.8 Å². The van der Waals surface area contributed by atoms with Crippen LogP contribution in [0.5, 0.6) is 5.88 Å². The molecule has 2 aromatic rings. The van der Waals surface area contributed by atoms with Crippen molar-refractivity contribution in [2.75, 3.05) is 7.05 Å². The highest BCUT2D eigenvalue weighted by molar-refractivity contribution is 5.67. The van der Waals surface area contributed by atoms with Crippen molar-refractivity contribution >= 4 is 6.09 Å². The number of hydrogen-bond donors (Lipinski definition) is 1. The molecule has 1 aromatic heterocycles. The summed E-state index contributed by atoms with van der Waals surface area (Å²) >= 11 is 0. The van der Waals surface area contributed by atoms with Crippen molar-refractivity contribution in [3.63, 3.8) is 0 Å². The second-order valence-corrected chi connectivity index (χ2v) is 9.01. The average Bonchev–Trinajstić information content (AvgIpc) is 2.99. The van der Waals surface area contributed by atoms with Crippen LogP contribution in [0.3, 0.4) is 0 Å². The Morgan fingerprint density at radius 2 is 1.83 bits per heavy atom. The van der Waals surface area contributed by atoms with Crippen LogP contribution in [0.2, 0.25) is 0 Å². The zero-order chi connectivity index (χ0) is 22.5. The summed E-state index contributed by atoms with van der Waals surface area (Å²) in [6.07, 6.45) is 0.0328. The van der Waals surface area contributed by atoms with Gasteiger partial charge in [-0.25, -0.2) is 13.9 Å². The first-order valence-corrected chi connectivity index (χ1v) is 9.93. The van der Waals surface area contributed by atoms with E-state index in [1.807, 2.05) is 20.8 Å². The van der Waals surface area contributed by atoms with Crippen LogP contribution in [0.25, 0.3) is 0 Å². The van der Waals surface area contributed by atoms with Gasteiger partial charge in [0.05, 0.1) is 17.8 Å². The molecule has 0 unspecified atom stereocenters. The van der Waals surface area contributed by atoms with Crippen LogP contribution in [-0.4, -0.2) is 44.1 Å². The van der Waals surface area contributed by atoms with E-state index in [-0.39, 0.29) is 19.0 Å². The molecule has 1 aromatic carbocycles. The molecule has 2 rings (SSSR count). The van der Waals surface area contributed by atoms with E-state index in [9.17, 15) is 14.3 Å². The normalized spacial score (nSPS) is 12.0. The third-order valence-corrected chi connectivity index (χ3v) is 4.13. The third-order valence-electron chi connectivity index (χ3n) is 4.13. The van der Waals surface area contributed by atoms with E-state index in [2.05, 4.69) is 5.10 Å². The fourth-order valence-electron chi connectivity index (χ4n) is 2.57. The number of aliphatic hydroxyl groups is 1. The minimum Gasteiger partial charge on any atom is -0.473 e. The Bertz CT molecular complexity index is 836. The van der Waals surface area contributed by atoms with Crippen LogP contribution in [0.1, 0.15) is 52.3 Å². The van der Waals surface area contributed by atoms with Gasteiger partial charge in [-0.05, 0) is 58.7 Å². The van der Waals surface area contributed by atoms with Crippen molar-refractivity contribution in [1.82, 2.24) is 14.7 Å². The van der Waals surface area contributed by atoms with Gasteiger partial charge in [0.2, 0.25) is 5.88 Å². The first-order valence-electron chi connectivity index (χ1n) is 9.93. The molecular formula is C22H32FN3O4. The van der Waals surface area contributed by atoms with Crippen LogP contribution in [0.4, 0.5) is 9.18 Å². The van der Waals surface area contributed by atoms with Crippen molar-refractivity contribution in [2.45, 2.75) is 71.9 Å². The van der Waals surface area contributed by atoms with Crippen LogP contribution in [-0.2, 0) is 24.4 Å². The molecule has 0 bridgehead atoms. The molecule has 8 heteroatoms. The number of halogens is 1. The molecule has 0 spiro atoms. The fraction of sp³-hybridized carbons (Fsp3) is 0.545. The van der Waals surface area contributed by atoms with E-state index in [1.54, 1.807) is 43.8 Å². The molecule has 30 heavy (non-hydrogen) atoms. The van der Waals surface area contributed by atoms with E-state index in [1.165, 1.54) is 17.0 Å². The van der Waals surface area contributed by atoms with Gasteiger partial charge in [-0.3, -0.25) is 0 Å². The lowest BCUT2D eigenvalue weighted by atomic mass is 10.1. The Morgan fingerprint density at radius 1 is 1.20 bits per heavy atom. The van der Waals surface area contributed by atoms with Crippen molar-refractivity contribution in [3.05, 3.63) is 47.4 Å². The van der Waals surface area contributed by atoms with E-state index < -0.39 is 17.3 Å². The summed E-state index contributed by atoms with van der Waals surface area (Å²) in [6.45, 7) is 9.83. The molecule has 0 saturated heterocycles. The molecule has 0 aliphatic carbocycles. The Balaban J connectivity index is 2.12. The number of ether oxygens (including phenoxy) is 2. The molecular weight excluding hydrogens is 389 g/mol. The minimum atomic E-state index is -0.854. The fourth-order valence-corrected chi connectivity index (χ4v) is 2.57. The van der Waals surface area contributed by atoms with Crippen molar-refractivity contribution in [3.8, 4) is 5.88 Å². The summed E-state index contributed by atoms with van der Waals surface area (Å²) in [5, 5.41) is 14.6. The first-order chi connectivity index (χ1) is 13.8. The lowest BCUT2D eigenvalue weighted by Gasteiger charge is -2.24. The predicted molar refractivity (Wildman–Crippen MR) is 112 cm³/mol. The Labute approximate surface area is 177 Å². The number of rotatable bonds is 8. The largest absolute Gasteiger partial charge is 0.473 e. The zero-order valence-electron chi connectivity index (χ0n) is 18.6. The number of benzene rings is 1. The molecule has 7 nitrogen and oxygen atoms in total. The Hall–Kier alpha value is -2.61. The maximum atomic E-state index is 13.1. The number of aromatic nitrogens is 2. The summed E-state index contributed by atoms with van der Waals surface area (Å²) in [5.74, 6) is 0.206. The van der Waals surface area contributed by atoms with Gasteiger partial charge in [0.1, 0.15) is 18.0 Å². The molecule has 1 N–H and O–H groups in total. The summed E-state index contributed by atoms with van der Waals surface area (Å²) in [7, 11) is 1.64.